The fourth-order valence-corrected chi connectivity index (χ4v) is 7.22. The van der Waals surface area contributed by atoms with E-state index in [-0.39, 0.29) is 12.1 Å². The van der Waals surface area contributed by atoms with Crippen molar-refractivity contribution in [3.8, 4) is 17.0 Å². The molecule has 3 fully saturated rings. The van der Waals surface area contributed by atoms with E-state index in [0.29, 0.717) is 18.2 Å². The average molecular weight is 596 g/mol. The molecule has 0 aliphatic carbocycles. The Morgan fingerprint density at radius 3 is 2.66 bits per heavy atom. The summed E-state index contributed by atoms with van der Waals surface area (Å²) in [5.74, 6) is 0.877. The van der Waals surface area contributed by atoms with Crippen LogP contribution in [0.25, 0.3) is 32.9 Å². The number of nitrogens with zero attached hydrogens (tertiary/aromatic N) is 4. The SMILES string of the molecule is CCN1CCCC1COc1ccc2cc(-c3nn([C@@H]4CCCCO4)c4ccc(C(=O)NCCN5CCCC5)cc34)ccc2c1. The maximum atomic E-state index is 13.2. The van der Waals surface area contributed by atoms with Gasteiger partial charge in [-0.2, -0.15) is 5.10 Å². The molecule has 1 aromatic heterocycles. The minimum absolute atomic E-state index is 0.0376. The maximum absolute atomic E-state index is 13.2. The molecule has 8 heteroatoms. The minimum atomic E-state index is -0.0937. The number of hydrogen-bond acceptors (Lipinski definition) is 6. The molecule has 7 rings (SSSR count). The Balaban J connectivity index is 1.15. The summed E-state index contributed by atoms with van der Waals surface area (Å²) in [5, 5.41) is 11.5. The van der Waals surface area contributed by atoms with Crippen molar-refractivity contribution in [3.05, 3.63) is 60.2 Å². The molecule has 0 saturated carbocycles. The Morgan fingerprint density at radius 1 is 0.955 bits per heavy atom. The summed E-state index contributed by atoms with van der Waals surface area (Å²) >= 11 is 0. The van der Waals surface area contributed by atoms with Crippen LogP contribution >= 0.6 is 0 Å². The lowest BCUT2D eigenvalue weighted by atomic mass is 10.0. The summed E-state index contributed by atoms with van der Waals surface area (Å²) in [7, 11) is 0. The van der Waals surface area contributed by atoms with Crippen molar-refractivity contribution in [1.82, 2.24) is 24.9 Å². The lowest BCUT2D eigenvalue weighted by molar-refractivity contribution is -0.0365. The smallest absolute Gasteiger partial charge is 0.251 e. The second kappa shape index (κ2) is 13.3. The molecular weight excluding hydrogens is 550 g/mol. The summed E-state index contributed by atoms with van der Waals surface area (Å²) < 4.78 is 14.4. The Labute approximate surface area is 260 Å². The van der Waals surface area contributed by atoms with Crippen LogP contribution in [0.3, 0.4) is 0 Å². The molecule has 0 bridgehead atoms. The number of nitrogens with one attached hydrogen (secondary N) is 1. The Hall–Kier alpha value is -3.46. The van der Waals surface area contributed by atoms with Gasteiger partial charge in [0, 0.05) is 42.3 Å². The van der Waals surface area contributed by atoms with Gasteiger partial charge in [-0.15, -0.1) is 0 Å². The van der Waals surface area contributed by atoms with E-state index >= 15 is 0 Å². The Morgan fingerprint density at radius 2 is 1.82 bits per heavy atom. The molecule has 3 aliphatic heterocycles. The molecule has 8 nitrogen and oxygen atoms in total. The lowest BCUT2D eigenvalue weighted by Gasteiger charge is -2.23. The van der Waals surface area contributed by atoms with Crippen molar-refractivity contribution in [2.75, 3.05) is 52.5 Å². The van der Waals surface area contributed by atoms with E-state index in [1.807, 2.05) is 22.9 Å². The highest BCUT2D eigenvalue weighted by molar-refractivity contribution is 6.02. The first-order valence-electron chi connectivity index (χ1n) is 16.7. The van der Waals surface area contributed by atoms with Gasteiger partial charge in [-0.3, -0.25) is 9.69 Å². The van der Waals surface area contributed by atoms with Gasteiger partial charge in [0.25, 0.3) is 5.91 Å². The fraction of sp³-hybridized carbons (Fsp3) is 0.500. The molecule has 1 N–H and O–H groups in total. The van der Waals surface area contributed by atoms with Crippen molar-refractivity contribution < 1.29 is 14.3 Å². The molecule has 44 heavy (non-hydrogen) atoms. The lowest BCUT2D eigenvalue weighted by Crippen LogP contribution is -2.33. The predicted molar refractivity (Wildman–Crippen MR) is 175 cm³/mol. The van der Waals surface area contributed by atoms with Crippen molar-refractivity contribution in [1.29, 1.82) is 0 Å². The van der Waals surface area contributed by atoms with Gasteiger partial charge in [-0.1, -0.05) is 25.1 Å². The molecule has 3 aromatic carbocycles. The predicted octanol–water partition coefficient (Wildman–Crippen LogP) is 6.24. The van der Waals surface area contributed by atoms with Crippen LogP contribution < -0.4 is 10.1 Å². The van der Waals surface area contributed by atoms with Crippen molar-refractivity contribution >= 4 is 27.6 Å². The van der Waals surface area contributed by atoms with Crippen LogP contribution in [-0.4, -0.2) is 84.0 Å². The van der Waals surface area contributed by atoms with Gasteiger partial charge in [-0.25, -0.2) is 4.68 Å². The van der Waals surface area contributed by atoms with Crippen molar-refractivity contribution in [3.63, 3.8) is 0 Å². The molecule has 0 radical (unpaired) electrons. The summed E-state index contributed by atoms with van der Waals surface area (Å²) in [6.45, 7) is 9.79. The largest absolute Gasteiger partial charge is 0.492 e. The fourth-order valence-electron chi connectivity index (χ4n) is 7.22. The number of ether oxygens (including phenoxy) is 2. The van der Waals surface area contributed by atoms with Gasteiger partial charge in [0.1, 0.15) is 18.1 Å². The third kappa shape index (κ3) is 6.21. The average Bonchev–Trinajstić information content (AvgIpc) is 3.84. The summed E-state index contributed by atoms with van der Waals surface area (Å²) in [6.07, 6.45) is 8.02. The number of amides is 1. The van der Waals surface area contributed by atoms with Gasteiger partial charge in [0.15, 0.2) is 6.23 Å². The second-order valence-corrected chi connectivity index (χ2v) is 12.6. The van der Waals surface area contributed by atoms with Crippen LogP contribution in [0.2, 0.25) is 0 Å². The van der Waals surface area contributed by atoms with Gasteiger partial charge in [-0.05, 0) is 118 Å². The zero-order valence-electron chi connectivity index (χ0n) is 26.0. The number of hydrogen-bond donors (Lipinski definition) is 1. The summed E-state index contributed by atoms with van der Waals surface area (Å²) in [4.78, 5) is 18.1. The van der Waals surface area contributed by atoms with Gasteiger partial charge in [0.2, 0.25) is 0 Å². The molecular formula is C36H45N5O3. The zero-order chi connectivity index (χ0) is 29.9. The third-order valence-electron chi connectivity index (χ3n) is 9.74. The zero-order valence-corrected chi connectivity index (χ0v) is 26.0. The van der Waals surface area contributed by atoms with Crippen LogP contribution in [0.15, 0.2) is 54.6 Å². The van der Waals surface area contributed by atoms with Crippen LogP contribution in [0.1, 0.15) is 68.5 Å². The van der Waals surface area contributed by atoms with Gasteiger partial charge < -0.3 is 19.7 Å². The van der Waals surface area contributed by atoms with Crippen LogP contribution in [-0.2, 0) is 4.74 Å². The van der Waals surface area contributed by atoms with E-state index in [9.17, 15) is 4.79 Å². The first-order valence-corrected chi connectivity index (χ1v) is 16.7. The summed E-state index contributed by atoms with van der Waals surface area (Å²) in [6, 6.07) is 19.3. The molecule has 1 amide bonds. The Bertz CT molecular complexity index is 1600. The van der Waals surface area contributed by atoms with E-state index < -0.39 is 0 Å². The molecule has 3 aliphatic rings. The van der Waals surface area contributed by atoms with Gasteiger partial charge >= 0.3 is 0 Å². The van der Waals surface area contributed by atoms with Gasteiger partial charge in [0.05, 0.1) is 5.52 Å². The second-order valence-electron chi connectivity index (χ2n) is 12.6. The number of aromatic nitrogens is 2. The van der Waals surface area contributed by atoms with E-state index in [0.717, 1.165) is 97.3 Å². The quantitative estimate of drug-likeness (QED) is 0.234. The van der Waals surface area contributed by atoms with E-state index in [2.05, 4.69) is 58.4 Å². The highest BCUT2D eigenvalue weighted by Gasteiger charge is 2.24. The monoisotopic (exact) mass is 595 g/mol. The molecule has 0 spiro atoms. The molecule has 3 saturated heterocycles. The number of rotatable bonds is 10. The first kappa shape index (κ1) is 29.3. The number of benzene rings is 3. The van der Waals surface area contributed by atoms with Crippen molar-refractivity contribution in [2.24, 2.45) is 0 Å². The van der Waals surface area contributed by atoms with E-state index in [1.54, 1.807) is 0 Å². The highest BCUT2D eigenvalue weighted by atomic mass is 16.5. The highest BCUT2D eigenvalue weighted by Crippen LogP contribution is 2.35. The normalized spacial score (nSPS) is 21.4. The number of carbonyl (C=O) groups excluding carboxylic acids is 1. The van der Waals surface area contributed by atoms with Crippen LogP contribution in [0, 0.1) is 0 Å². The van der Waals surface area contributed by atoms with Crippen molar-refractivity contribution in [2.45, 2.75) is 64.1 Å². The molecule has 4 heterocycles. The van der Waals surface area contributed by atoms with Crippen LogP contribution in [0.4, 0.5) is 0 Å². The molecule has 1 unspecified atom stereocenters. The standard InChI is InChI=1S/C36H45N5O3/c1-2-40-19-7-8-30(40)25-44-31-14-12-26-22-28(11-10-27(26)23-31)35-32-24-29(36(42)37-16-20-39-17-4-5-18-39)13-15-33(32)41(38-35)34-9-3-6-21-43-34/h10-15,22-24,30,34H,2-9,16-21,25H2,1H3,(H,37,42)/t30?,34-/m0/s1. The number of likely N-dealkylation sites (tertiary alicyclic amines) is 2. The minimum Gasteiger partial charge on any atom is -0.492 e. The summed E-state index contributed by atoms with van der Waals surface area (Å²) in [5.41, 5.74) is 3.57. The van der Waals surface area contributed by atoms with Crippen LogP contribution in [0.5, 0.6) is 5.75 Å². The van der Waals surface area contributed by atoms with E-state index in [1.165, 1.54) is 32.2 Å². The molecule has 4 aromatic rings. The number of carbonyl (C=O) groups is 1. The maximum Gasteiger partial charge on any atom is 0.251 e. The Kier molecular flexibility index (Phi) is 8.82. The topological polar surface area (TPSA) is 71.9 Å². The molecule has 232 valence electrons. The number of fused-ring (bicyclic) bond motifs is 2. The van der Waals surface area contributed by atoms with E-state index in [4.69, 9.17) is 14.6 Å². The third-order valence-corrected chi connectivity index (χ3v) is 9.74. The number of likely N-dealkylation sites (N-methyl/N-ethyl adjacent to an activating group) is 1. The molecule has 2 atom stereocenters. The first-order chi connectivity index (χ1) is 21.7.